The van der Waals surface area contributed by atoms with Gasteiger partial charge in [0.05, 0.1) is 44.0 Å². The summed E-state index contributed by atoms with van der Waals surface area (Å²) < 4.78 is 10.8. The van der Waals surface area contributed by atoms with Gasteiger partial charge in [0.15, 0.2) is 17.3 Å². The van der Waals surface area contributed by atoms with Gasteiger partial charge >= 0.3 is 0 Å². The third-order valence-electron chi connectivity index (χ3n) is 25.1. The van der Waals surface area contributed by atoms with Crippen molar-refractivity contribution in [2.24, 2.45) is 73.4 Å². The number of aliphatic hydroxyl groups excluding tert-OH is 3. The van der Waals surface area contributed by atoms with Crippen LogP contribution in [0.1, 0.15) is 237 Å². The van der Waals surface area contributed by atoms with Gasteiger partial charge in [-0.05, 0) is 273 Å². The molecule has 0 heterocycles. The molecule has 0 aliphatic heterocycles. The van der Waals surface area contributed by atoms with Gasteiger partial charge in [-0.1, -0.05) is 99.8 Å². The van der Waals surface area contributed by atoms with Gasteiger partial charge in [-0.2, -0.15) is 0 Å². The first kappa shape index (κ1) is 65.1. The molecule has 0 aromatic carbocycles. The summed E-state index contributed by atoms with van der Waals surface area (Å²) in [5.41, 5.74) is 8.11. The van der Waals surface area contributed by atoms with Gasteiger partial charge in [0, 0.05) is 32.1 Å². The Hall–Kier alpha value is -3.85. The Morgan fingerprint density at radius 1 is 0.434 bits per heavy atom. The molecule has 14 aliphatic rings. The summed E-state index contributed by atoms with van der Waals surface area (Å²) in [7, 11) is 3.59. The highest BCUT2D eigenvalue weighted by molar-refractivity contribution is 5.93. The van der Waals surface area contributed by atoms with Gasteiger partial charge in [-0.3, -0.25) is 14.4 Å². The molecule has 14 aliphatic carbocycles. The van der Waals surface area contributed by atoms with Crippen LogP contribution in [-0.2, 0) is 23.9 Å². The minimum absolute atomic E-state index is 0. The number of hydrogen-bond donors (Lipinski definition) is 3. The number of allylic oxidation sites excluding steroid dienone is 15. The van der Waals surface area contributed by atoms with E-state index in [1.54, 1.807) is 30.9 Å². The van der Waals surface area contributed by atoms with Crippen LogP contribution in [0.25, 0.3) is 0 Å². The maximum atomic E-state index is 11.8. The molecular weight excluding hydrogens is 1030 g/mol. The molecule has 5 saturated carbocycles. The highest BCUT2D eigenvalue weighted by Gasteiger charge is 2.58. The predicted molar refractivity (Wildman–Crippen MR) is 338 cm³/mol. The Kier molecular flexibility index (Phi) is 20.0. The van der Waals surface area contributed by atoms with Crippen molar-refractivity contribution < 1.29 is 39.2 Å². The van der Waals surface area contributed by atoms with E-state index in [2.05, 4.69) is 97.1 Å². The number of fused-ring (bicyclic) bond motifs is 13. The van der Waals surface area contributed by atoms with Crippen molar-refractivity contribution in [2.75, 3.05) is 14.2 Å². The normalized spacial score (nSPS) is 42.9. The van der Waals surface area contributed by atoms with E-state index in [0.717, 1.165) is 117 Å². The largest absolute Gasteiger partial charge is 0.501 e. The second-order valence-electron chi connectivity index (χ2n) is 30.0. The summed E-state index contributed by atoms with van der Waals surface area (Å²) in [4.78, 5) is 34.2. The fraction of sp³-hybridized carbons (Fsp3) is 0.720. The first-order chi connectivity index (χ1) is 38.5. The maximum Gasteiger partial charge on any atom is 0.155 e. The highest BCUT2D eigenvalue weighted by Crippen LogP contribution is 2.65. The van der Waals surface area contributed by atoms with Crippen molar-refractivity contribution in [3.63, 3.8) is 0 Å². The molecule has 0 amide bonds. The Bertz CT molecular complexity index is 2650. The molecule has 8 heteroatoms. The lowest BCUT2D eigenvalue weighted by Gasteiger charge is -2.58. The van der Waals surface area contributed by atoms with Crippen LogP contribution in [0.3, 0.4) is 0 Å². The molecule has 16 atom stereocenters. The lowest BCUT2D eigenvalue weighted by Crippen LogP contribution is -2.53. The quantitative estimate of drug-likeness (QED) is 0.233. The monoisotopic (exact) mass is 1140 g/mol. The van der Waals surface area contributed by atoms with E-state index in [9.17, 15) is 29.7 Å². The zero-order chi connectivity index (χ0) is 57.8. The number of aliphatic hydroxyl groups is 3. The first-order valence-corrected chi connectivity index (χ1v) is 32.5. The molecule has 0 aromatic heterocycles. The van der Waals surface area contributed by atoms with Gasteiger partial charge < -0.3 is 24.8 Å². The van der Waals surface area contributed by atoms with Crippen LogP contribution in [0.15, 0.2) is 106 Å². The molecule has 460 valence electrons. The SMILES string of the molecule is C.C.COC1=CC2=CCC3C4CC=C[C@@]4(C)CCC3[C@@]2(C)CC1.COC1=CC2=CCCC[C@@]2(C)CC1.C[C@@]12C=CCC1C1C[C@@H](O)C3=CC(=O)CC[C@]3(C)C1CC2.C[C@@]12CCC[C@@H](O)C1=CC(=O)CC2.C[C@@]12CCC[C@@H](O)C1=CC(=O)CC2. The molecule has 0 bridgehead atoms. The van der Waals surface area contributed by atoms with Crippen LogP contribution in [0.5, 0.6) is 0 Å². The number of hydrogen-bond acceptors (Lipinski definition) is 8. The zero-order valence-electron chi connectivity index (χ0n) is 51.5. The topological polar surface area (TPSA) is 130 Å². The van der Waals surface area contributed by atoms with Crippen molar-refractivity contribution >= 4 is 17.3 Å². The van der Waals surface area contributed by atoms with E-state index in [0.29, 0.717) is 58.7 Å². The molecule has 5 fully saturated rings. The van der Waals surface area contributed by atoms with E-state index >= 15 is 0 Å². The standard InChI is InChI=1S/C20H28O.C19H26O2.C12H18O.2C11H16O2.2CH4/c1-19-10-4-5-17(19)16-7-6-14-13-15(21-3)8-12-20(14,2)18(16)9-11-19;1-18-7-3-4-14(18)13-11-17(21)16-10-12(20)5-9-19(16,2)15(13)6-8-18;1-12-7-4-3-5-10(12)9-11(13-2)6-8-12;2*1-11-5-2-3-10(13)9(11)7-8(12)4-6-11;;/h4,6,10,13,16-18H,5,7-9,11-12H2,1-3H3;3,7,10,13-15,17,21H,4-6,8-9,11H2,1-2H3;5,9H,3-4,6-8H2,1-2H3;2*7,10,13H,2-6H2,1H3;2*1H4/t16?,17?,18?,19-,20-;13?,14?,15?,17-,18+,19-;12-;2*10-,11+;;/m01011../s1. The third-order valence-corrected chi connectivity index (χ3v) is 25.1. The Morgan fingerprint density at radius 2 is 0.892 bits per heavy atom. The van der Waals surface area contributed by atoms with Crippen molar-refractivity contribution in [2.45, 2.75) is 255 Å². The van der Waals surface area contributed by atoms with E-state index in [4.69, 9.17) is 9.47 Å². The van der Waals surface area contributed by atoms with Gasteiger partial charge in [-0.15, -0.1) is 0 Å². The van der Waals surface area contributed by atoms with Crippen LogP contribution in [0.2, 0.25) is 0 Å². The van der Waals surface area contributed by atoms with Crippen LogP contribution < -0.4 is 0 Å². The lowest BCUT2D eigenvalue weighted by molar-refractivity contribution is -0.118. The zero-order valence-corrected chi connectivity index (χ0v) is 51.5. The third kappa shape index (κ3) is 12.7. The molecular formula is C75H112O8. The van der Waals surface area contributed by atoms with Gasteiger partial charge in [0.1, 0.15) is 0 Å². The van der Waals surface area contributed by atoms with E-state index in [-0.39, 0.29) is 60.7 Å². The number of rotatable bonds is 2. The van der Waals surface area contributed by atoms with Crippen molar-refractivity contribution in [1.29, 1.82) is 0 Å². The average molecular weight is 1140 g/mol. The molecule has 0 saturated heterocycles. The molecule has 14 rings (SSSR count). The summed E-state index contributed by atoms with van der Waals surface area (Å²) in [6.07, 6.45) is 52.9. The fourth-order valence-corrected chi connectivity index (χ4v) is 19.6. The first-order valence-electron chi connectivity index (χ1n) is 32.5. The predicted octanol–water partition coefficient (Wildman–Crippen LogP) is 17.3. The van der Waals surface area contributed by atoms with Crippen LogP contribution in [-0.4, -0.2) is 65.2 Å². The minimum atomic E-state index is -0.400. The molecule has 8 nitrogen and oxygen atoms in total. The molecule has 3 N–H and O–H groups in total. The fourth-order valence-electron chi connectivity index (χ4n) is 19.6. The smallest absolute Gasteiger partial charge is 0.155 e. The molecule has 0 spiro atoms. The van der Waals surface area contributed by atoms with Gasteiger partial charge in [0.2, 0.25) is 0 Å². The molecule has 0 radical (unpaired) electrons. The maximum absolute atomic E-state index is 11.8. The minimum Gasteiger partial charge on any atom is -0.501 e. The van der Waals surface area contributed by atoms with Crippen LogP contribution in [0, 0.1) is 73.4 Å². The Morgan fingerprint density at radius 3 is 1.45 bits per heavy atom. The second kappa shape index (κ2) is 25.5. The average Bonchev–Trinajstić information content (AvgIpc) is 2.23. The van der Waals surface area contributed by atoms with Crippen LogP contribution in [0.4, 0.5) is 0 Å². The molecule has 0 aromatic rings. The lowest BCUT2D eigenvalue weighted by atomic mass is 9.47. The summed E-state index contributed by atoms with van der Waals surface area (Å²) in [5, 5.41) is 30.2. The second-order valence-corrected chi connectivity index (χ2v) is 30.0. The van der Waals surface area contributed by atoms with E-state index in [1.807, 2.05) is 7.11 Å². The van der Waals surface area contributed by atoms with Gasteiger partial charge in [0.25, 0.3) is 0 Å². The Balaban J connectivity index is 0.000000137. The summed E-state index contributed by atoms with van der Waals surface area (Å²) in [6.45, 7) is 16.5. The van der Waals surface area contributed by atoms with Crippen molar-refractivity contribution in [3.8, 4) is 0 Å². The van der Waals surface area contributed by atoms with E-state index in [1.165, 1.54) is 88.4 Å². The molecule has 6 unspecified atom stereocenters. The van der Waals surface area contributed by atoms with Crippen molar-refractivity contribution in [1.82, 2.24) is 0 Å². The highest BCUT2D eigenvalue weighted by atomic mass is 16.5. The number of ketones is 3. The van der Waals surface area contributed by atoms with Crippen LogP contribution >= 0.6 is 0 Å². The van der Waals surface area contributed by atoms with E-state index < -0.39 is 6.10 Å². The summed E-state index contributed by atoms with van der Waals surface area (Å²) >= 11 is 0. The Labute approximate surface area is 503 Å². The summed E-state index contributed by atoms with van der Waals surface area (Å²) in [6, 6.07) is 0. The number of carbonyl (C=O) groups excluding carboxylic acids is 3. The number of carbonyl (C=O) groups is 3. The van der Waals surface area contributed by atoms with Gasteiger partial charge in [-0.25, -0.2) is 0 Å². The molecule has 83 heavy (non-hydrogen) atoms. The number of ether oxygens (including phenoxy) is 2. The summed E-state index contributed by atoms with van der Waals surface area (Å²) in [5.74, 6) is 7.55. The van der Waals surface area contributed by atoms with Crippen molar-refractivity contribution in [3.05, 3.63) is 106 Å². The number of methoxy groups -OCH3 is 2.